The van der Waals surface area contributed by atoms with Gasteiger partial charge in [0.25, 0.3) is 0 Å². The van der Waals surface area contributed by atoms with Gasteiger partial charge in [-0.3, -0.25) is 9.69 Å². The molecule has 1 saturated heterocycles. The summed E-state index contributed by atoms with van der Waals surface area (Å²) in [5, 5.41) is 2.93. The van der Waals surface area contributed by atoms with E-state index < -0.39 is 6.04 Å². The highest BCUT2D eigenvalue weighted by Gasteiger charge is 2.30. The second-order valence-corrected chi connectivity index (χ2v) is 11.8. The number of nitrogens with two attached hydrogens (primary N) is 1. The predicted molar refractivity (Wildman–Crippen MR) is 201 cm³/mol. The van der Waals surface area contributed by atoms with Crippen LogP contribution in [0.1, 0.15) is 96.3 Å². The van der Waals surface area contributed by atoms with Gasteiger partial charge in [0.15, 0.2) is 0 Å². The fraction of sp³-hybridized carbons (Fsp3) is 0.553. The Kier molecular flexibility index (Phi) is 25.1. The first-order valence-corrected chi connectivity index (χ1v) is 16.9. The van der Waals surface area contributed by atoms with E-state index in [1.165, 1.54) is 6.20 Å². The highest BCUT2D eigenvalue weighted by Crippen LogP contribution is 2.37. The first kappa shape index (κ1) is 46.2. The Hall–Kier alpha value is -3.89. The van der Waals surface area contributed by atoms with Crippen LogP contribution in [0.15, 0.2) is 62.7 Å². The van der Waals surface area contributed by atoms with E-state index in [-0.39, 0.29) is 17.6 Å². The largest absolute Gasteiger partial charge is 0.449 e. The molecule has 2 heterocycles. The third kappa shape index (κ3) is 16.3. The molecule has 272 valence electrons. The maximum Gasteiger partial charge on any atom is 0.409 e. The zero-order valence-corrected chi connectivity index (χ0v) is 31.8. The minimum absolute atomic E-state index is 0.0565. The molecule has 0 bridgehead atoms. The Bertz CT molecular complexity index is 1190. The molecule has 2 atom stereocenters. The second kappa shape index (κ2) is 26.1. The molecule has 48 heavy (non-hydrogen) atoms. The van der Waals surface area contributed by atoms with E-state index in [2.05, 4.69) is 91.3 Å². The maximum absolute atomic E-state index is 12.6. The number of aryl methyl sites for hydroxylation is 2. The summed E-state index contributed by atoms with van der Waals surface area (Å²) in [5.41, 5.74) is 9.43. The fourth-order valence-electron chi connectivity index (χ4n) is 4.69. The monoisotopic (exact) mass is 671 g/mol. The molecule has 0 aliphatic carbocycles. The molecule has 10 nitrogen and oxygen atoms in total. The molecule has 0 radical (unpaired) electrons. The smallest absolute Gasteiger partial charge is 0.409 e. The van der Waals surface area contributed by atoms with Gasteiger partial charge in [0, 0.05) is 53.0 Å². The number of benzene rings is 1. The summed E-state index contributed by atoms with van der Waals surface area (Å²) in [6.45, 7) is 33.6. The minimum Gasteiger partial charge on any atom is -0.449 e. The highest BCUT2D eigenvalue weighted by molar-refractivity contribution is 5.74. The quantitative estimate of drug-likeness (QED) is 0.189. The third-order valence-electron chi connectivity index (χ3n) is 6.97. The second-order valence-electron chi connectivity index (χ2n) is 11.8. The van der Waals surface area contributed by atoms with Crippen LogP contribution in [0.5, 0.6) is 0 Å². The Morgan fingerprint density at radius 1 is 1.12 bits per heavy atom. The number of rotatable bonds is 11. The van der Waals surface area contributed by atoms with Gasteiger partial charge in [0.2, 0.25) is 6.41 Å². The van der Waals surface area contributed by atoms with Gasteiger partial charge in [-0.25, -0.2) is 9.78 Å². The number of carbonyl (C=O) groups excluding carboxylic acids is 2. The number of amides is 2. The molecule has 3 rings (SSSR count). The summed E-state index contributed by atoms with van der Waals surface area (Å²) >= 11 is 0. The van der Waals surface area contributed by atoms with Crippen LogP contribution in [0, 0.1) is 12.3 Å². The fourth-order valence-corrected chi connectivity index (χ4v) is 4.69. The number of aromatic nitrogens is 2. The third-order valence-corrected chi connectivity index (χ3v) is 6.97. The van der Waals surface area contributed by atoms with Gasteiger partial charge in [0.1, 0.15) is 0 Å². The highest BCUT2D eigenvalue weighted by atomic mass is 16.6. The summed E-state index contributed by atoms with van der Waals surface area (Å²) in [7, 11) is 3.58. The van der Waals surface area contributed by atoms with Crippen molar-refractivity contribution in [2.24, 2.45) is 18.2 Å². The van der Waals surface area contributed by atoms with Crippen molar-refractivity contribution in [3.63, 3.8) is 0 Å². The van der Waals surface area contributed by atoms with Gasteiger partial charge in [-0.2, -0.15) is 0 Å². The Morgan fingerprint density at radius 2 is 1.69 bits per heavy atom. The van der Waals surface area contributed by atoms with Crippen LogP contribution >= 0.6 is 0 Å². The van der Waals surface area contributed by atoms with Gasteiger partial charge in [-0.15, -0.1) is 6.58 Å². The van der Waals surface area contributed by atoms with E-state index in [4.69, 9.17) is 4.74 Å². The first-order valence-electron chi connectivity index (χ1n) is 16.9. The lowest BCUT2D eigenvalue weighted by atomic mass is 9.87. The van der Waals surface area contributed by atoms with Crippen LogP contribution in [0.2, 0.25) is 0 Å². The molecule has 2 aromatic rings. The van der Waals surface area contributed by atoms with Crippen LogP contribution in [0.25, 0.3) is 5.57 Å². The van der Waals surface area contributed by atoms with Crippen LogP contribution in [-0.4, -0.2) is 78.4 Å². The SMILES string of the molecule is C=CCC(c1ccc(C)cc1C(=C)C(NC=O)c1cncn1C)N1CCN(C(=O)OCC(C)(C)C)CC1.C=CN.CC.CC.CCOC. The number of imidazole rings is 1. The van der Waals surface area contributed by atoms with Crippen molar-refractivity contribution in [1.29, 1.82) is 0 Å². The zero-order chi connectivity index (χ0) is 37.3. The maximum atomic E-state index is 12.6. The minimum atomic E-state index is -0.413. The number of piperazine rings is 1. The number of ether oxygens (including phenoxy) is 2. The van der Waals surface area contributed by atoms with Crippen molar-refractivity contribution in [2.45, 2.75) is 80.8 Å². The van der Waals surface area contributed by atoms with Crippen molar-refractivity contribution in [3.8, 4) is 0 Å². The van der Waals surface area contributed by atoms with E-state index in [1.54, 1.807) is 24.5 Å². The average molecular weight is 671 g/mol. The molecular formula is C38H66N6O4. The van der Waals surface area contributed by atoms with Crippen LogP contribution < -0.4 is 11.1 Å². The first-order chi connectivity index (χ1) is 22.9. The van der Waals surface area contributed by atoms with Crippen molar-refractivity contribution in [3.05, 3.63) is 85.1 Å². The number of carbonyl (C=O) groups is 2. The summed E-state index contributed by atoms with van der Waals surface area (Å²) in [6.07, 6.45) is 7.85. The molecule has 1 fully saturated rings. The summed E-state index contributed by atoms with van der Waals surface area (Å²) in [6, 6.07) is 6.03. The lowest BCUT2D eigenvalue weighted by molar-refractivity contribution is -0.109. The molecular weight excluding hydrogens is 604 g/mol. The summed E-state index contributed by atoms with van der Waals surface area (Å²) in [4.78, 5) is 32.5. The summed E-state index contributed by atoms with van der Waals surface area (Å²) in [5.74, 6) is 0. The molecule has 1 aliphatic heterocycles. The molecule has 1 aromatic heterocycles. The molecule has 1 aliphatic rings. The van der Waals surface area contributed by atoms with Gasteiger partial charge in [-0.05, 0) is 48.6 Å². The molecule has 0 saturated carbocycles. The van der Waals surface area contributed by atoms with Crippen LogP contribution in [0.4, 0.5) is 4.79 Å². The standard InChI is InChI=1S/C29H41N5O3.C3H8O.C2H5N.2C2H6/c1-8-9-25(33-12-14-34(15-13-33)28(36)37-18-29(4,5)6)23-11-10-21(2)16-24(23)22(3)27(31-20-35)26-17-30-19-32(26)7;1-3-4-2;1-2-3;2*1-2/h8,10-11,16-17,19-20,25,27H,1,3,9,12-15,18H2,2,4-7H3,(H,31,35);3H2,1-2H3;2H,1,3H2;2*1-2H3. The molecule has 2 amide bonds. The van der Waals surface area contributed by atoms with Gasteiger partial charge >= 0.3 is 6.09 Å². The predicted octanol–water partition coefficient (Wildman–Crippen LogP) is 7.44. The van der Waals surface area contributed by atoms with Crippen molar-refractivity contribution < 1.29 is 19.1 Å². The van der Waals surface area contributed by atoms with E-state index in [0.29, 0.717) is 26.1 Å². The Balaban J connectivity index is 0. The van der Waals surface area contributed by atoms with E-state index in [1.807, 2.05) is 52.3 Å². The van der Waals surface area contributed by atoms with Crippen molar-refractivity contribution in [1.82, 2.24) is 24.7 Å². The number of methoxy groups -OCH3 is 1. The number of nitrogens with one attached hydrogen (secondary N) is 1. The lowest BCUT2D eigenvalue weighted by Gasteiger charge is -2.40. The topological polar surface area (TPSA) is 115 Å². The van der Waals surface area contributed by atoms with Crippen molar-refractivity contribution in [2.75, 3.05) is 46.5 Å². The summed E-state index contributed by atoms with van der Waals surface area (Å²) < 4.78 is 12.0. The molecule has 0 spiro atoms. The lowest BCUT2D eigenvalue weighted by Crippen LogP contribution is -2.50. The van der Waals surface area contributed by atoms with Crippen LogP contribution in [-0.2, 0) is 21.3 Å². The zero-order valence-electron chi connectivity index (χ0n) is 31.8. The molecule has 2 unspecified atom stereocenters. The molecule has 3 N–H and O–H groups in total. The van der Waals surface area contributed by atoms with Crippen molar-refractivity contribution >= 4 is 18.1 Å². The Labute approximate surface area is 292 Å². The van der Waals surface area contributed by atoms with Gasteiger partial charge < -0.3 is 30.0 Å². The van der Waals surface area contributed by atoms with E-state index in [0.717, 1.165) is 54.1 Å². The molecule has 1 aromatic carbocycles. The van der Waals surface area contributed by atoms with Crippen LogP contribution in [0.3, 0.4) is 0 Å². The average Bonchev–Trinajstić information content (AvgIpc) is 3.52. The van der Waals surface area contributed by atoms with Gasteiger partial charge in [0.05, 0.1) is 30.9 Å². The Morgan fingerprint density at radius 3 is 2.12 bits per heavy atom. The van der Waals surface area contributed by atoms with E-state index in [9.17, 15) is 9.59 Å². The molecule has 10 heteroatoms. The number of nitrogens with zero attached hydrogens (tertiary/aromatic N) is 4. The van der Waals surface area contributed by atoms with Gasteiger partial charge in [-0.1, -0.05) is 91.5 Å². The number of hydrogen-bond donors (Lipinski definition) is 2. The number of hydrogen-bond acceptors (Lipinski definition) is 7. The normalized spacial score (nSPS) is 13.5. The van der Waals surface area contributed by atoms with E-state index >= 15 is 0 Å².